The van der Waals surface area contributed by atoms with Crippen LogP contribution in [0.1, 0.15) is 16.1 Å². The standard InChI is InChI=1S/C12H9BrN2O2S/c13-9-3-8(5-14-6-9)7-18-10-1-2-15-11(4-10)12(16)17/h1-6H,7H2,(H,16,17). The molecule has 0 fully saturated rings. The minimum atomic E-state index is -1.01. The number of carboxylic acids is 1. The van der Waals surface area contributed by atoms with E-state index in [2.05, 4.69) is 25.9 Å². The van der Waals surface area contributed by atoms with E-state index in [4.69, 9.17) is 5.11 Å². The van der Waals surface area contributed by atoms with Crippen molar-refractivity contribution in [2.45, 2.75) is 10.6 Å². The van der Waals surface area contributed by atoms with Crippen LogP contribution in [-0.4, -0.2) is 21.0 Å². The van der Waals surface area contributed by atoms with E-state index in [-0.39, 0.29) is 5.69 Å². The van der Waals surface area contributed by atoms with E-state index in [9.17, 15) is 4.79 Å². The van der Waals surface area contributed by atoms with Crippen LogP contribution < -0.4 is 0 Å². The lowest BCUT2D eigenvalue weighted by Gasteiger charge is -2.03. The molecule has 92 valence electrons. The highest BCUT2D eigenvalue weighted by Gasteiger charge is 2.05. The van der Waals surface area contributed by atoms with E-state index in [0.717, 1.165) is 20.7 Å². The highest BCUT2D eigenvalue weighted by molar-refractivity contribution is 9.10. The van der Waals surface area contributed by atoms with Crippen molar-refractivity contribution in [3.63, 3.8) is 0 Å². The molecule has 18 heavy (non-hydrogen) atoms. The summed E-state index contributed by atoms with van der Waals surface area (Å²) in [5, 5.41) is 8.84. The fraction of sp³-hybridized carbons (Fsp3) is 0.0833. The summed E-state index contributed by atoms with van der Waals surface area (Å²) in [5.74, 6) is -0.281. The van der Waals surface area contributed by atoms with Crippen molar-refractivity contribution >= 4 is 33.7 Å². The molecule has 0 spiro atoms. The monoisotopic (exact) mass is 324 g/mol. The summed E-state index contributed by atoms with van der Waals surface area (Å²) in [6.45, 7) is 0. The number of nitrogens with zero attached hydrogens (tertiary/aromatic N) is 2. The Kier molecular flexibility index (Phi) is 4.33. The number of halogens is 1. The lowest BCUT2D eigenvalue weighted by molar-refractivity contribution is 0.0690. The number of aromatic carboxylic acids is 1. The van der Waals surface area contributed by atoms with Gasteiger partial charge < -0.3 is 5.11 Å². The largest absolute Gasteiger partial charge is 0.477 e. The van der Waals surface area contributed by atoms with E-state index in [1.807, 2.05) is 6.07 Å². The predicted octanol–water partition coefficient (Wildman–Crippen LogP) is 3.23. The van der Waals surface area contributed by atoms with Crippen molar-refractivity contribution in [1.29, 1.82) is 0 Å². The number of thioether (sulfide) groups is 1. The van der Waals surface area contributed by atoms with Gasteiger partial charge in [-0.05, 0) is 39.7 Å². The van der Waals surface area contributed by atoms with Gasteiger partial charge in [-0.3, -0.25) is 4.98 Å². The van der Waals surface area contributed by atoms with Crippen molar-refractivity contribution < 1.29 is 9.90 Å². The molecule has 0 aliphatic carbocycles. The minimum absolute atomic E-state index is 0.0624. The zero-order valence-corrected chi connectivity index (χ0v) is 11.6. The molecular formula is C12H9BrN2O2S. The Morgan fingerprint density at radius 2 is 2.22 bits per heavy atom. The highest BCUT2D eigenvalue weighted by atomic mass is 79.9. The van der Waals surface area contributed by atoms with Gasteiger partial charge in [0.25, 0.3) is 0 Å². The minimum Gasteiger partial charge on any atom is -0.477 e. The average molecular weight is 325 g/mol. The van der Waals surface area contributed by atoms with Gasteiger partial charge in [0.15, 0.2) is 0 Å². The van der Waals surface area contributed by atoms with Gasteiger partial charge in [-0.1, -0.05) is 0 Å². The third kappa shape index (κ3) is 3.54. The molecule has 0 atom stereocenters. The van der Waals surface area contributed by atoms with Crippen molar-refractivity contribution in [2.24, 2.45) is 0 Å². The molecule has 2 aromatic heterocycles. The summed E-state index contributed by atoms with van der Waals surface area (Å²) in [7, 11) is 0. The van der Waals surface area contributed by atoms with Gasteiger partial charge in [0, 0.05) is 33.7 Å². The highest BCUT2D eigenvalue weighted by Crippen LogP contribution is 2.23. The number of rotatable bonds is 4. The van der Waals surface area contributed by atoms with Gasteiger partial charge in [-0.2, -0.15) is 0 Å². The number of hydrogen-bond donors (Lipinski definition) is 1. The van der Waals surface area contributed by atoms with Crippen LogP contribution >= 0.6 is 27.7 Å². The SMILES string of the molecule is O=C(O)c1cc(SCc2cncc(Br)c2)ccn1. The maximum absolute atomic E-state index is 10.8. The van der Waals surface area contributed by atoms with Crippen LogP contribution in [0.4, 0.5) is 0 Å². The Balaban J connectivity index is 2.06. The summed E-state index contributed by atoms with van der Waals surface area (Å²) >= 11 is 4.91. The van der Waals surface area contributed by atoms with Crippen molar-refractivity contribution in [3.8, 4) is 0 Å². The smallest absolute Gasteiger partial charge is 0.354 e. The van der Waals surface area contributed by atoms with Crippen molar-refractivity contribution in [1.82, 2.24) is 9.97 Å². The van der Waals surface area contributed by atoms with Crippen LogP contribution in [0.15, 0.2) is 46.2 Å². The van der Waals surface area contributed by atoms with Crippen LogP contribution in [0.2, 0.25) is 0 Å². The zero-order valence-electron chi connectivity index (χ0n) is 9.21. The maximum Gasteiger partial charge on any atom is 0.354 e. The van der Waals surface area contributed by atoms with E-state index in [1.165, 1.54) is 6.20 Å². The molecule has 2 heterocycles. The molecule has 2 aromatic rings. The average Bonchev–Trinajstić information content (AvgIpc) is 2.37. The second-order valence-electron chi connectivity index (χ2n) is 3.48. The first-order valence-corrected chi connectivity index (χ1v) is 6.84. The third-order valence-corrected chi connectivity index (χ3v) is 3.62. The third-order valence-electron chi connectivity index (χ3n) is 2.12. The number of aromatic nitrogens is 2. The van der Waals surface area contributed by atoms with Gasteiger partial charge in [-0.25, -0.2) is 9.78 Å². The zero-order chi connectivity index (χ0) is 13.0. The number of carbonyl (C=O) groups is 1. The molecule has 2 rings (SSSR count). The molecule has 0 bridgehead atoms. The summed E-state index contributed by atoms with van der Waals surface area (Å²) in [4.78, 5) is 19.5. The van der Waals surface area contributed by atoms with E-state index >= 15 is 0 Å². The topological polar surface area (TPSA) is 63.1 Å². The molecule has 0 aromatic carbocycles. The van der Waals surface area contributed by atoms with E-state index in [1.54, 1.807) is 36.3 Å². The Labute approximate surface area is 117 Å². The summed E-state index contributed by atoms with van der Waals surface area (Å²) in [5.41, 5.74) is 1.13. The van der Waals surface area contributed by atoms with Crippen LogP contribution in [0.3, 0.4) is 0 Å². The molecule has 0 unspecified atom stereocenters. The Morgan fingerprint density at radius 1 is 1.39 bits per heavy atom. The van der Waals surface area contributed by atoms with Crippen molar-refractivity contribution in [3.05, 3.63) is 52.5 Å². The summed E-state index contributed by atoms with van der Waals surface area (Å²) < 4.78 is 0.932. The van der Waals surface area contributed by atoms with Gasteiger partial charge in [0.05, 0.1) is 0 Å². The summed E-state index contributed by atoms with van der Waals surface area (Å²) in [6.07, 6.45) is 5.02. The molecule has 1 N–H and O–H groups in total. The molecule has 0 aliphatic rings. The predicted molar refractivity (Wildman–Crippen MR) is 72.7 cm³/mol. The Morgan fingerprint density at radius 3 is 2.94 bits per heavy atom. The van der Waals surface area contributed by atoms with Crippen LogP contribution in [0, 0.1) is 0 Å². The van der Waals surface area contributed by atoms with Gasteiger partial charge in [0.2, 0.25) is 0 Å². The lowest BCUT2D eigenvalue weighted by Crippen LogP contribution is -1.99. The molecule has 6 heteroatoms. The van der Waals surface area contributed by atoms with Gasteiger partial charge in [0.1, 0.15) is 5.69 Å². The van der Waals surface area contributed by atoms with E-state index < -0.39 is 5.97 Å². The second-order valence-corrected chi connectivity index (χ2v) is 5.45. The molecular weight excluding hydrogens is 316 g/mol. The number of hydrogen-bond acceptors (Lipinski definition) is 4. The lowest BCUT2D eigenvalue weighted by atomic mass is 10.3. The van der Waals surface area contributed by atoms with Crippen LogP contribution in [0.5, 0.6) is 0 Å². The molecule has 0 radical (unpaired) electrons. The van der Waals surface area contributed by atoms with Crippen LogP contribution in [-0.2, 0) is 5.75 Å². The first-order chi connectivity index (χ1) is 8.65. The Hall–Kier alpha value is -1.40. The fourth-order valence-corrected chi connectivity index (χ4v) is 2.57. The normalized spacial score (nSPS) is 10.3. The van der Waals surface area contributed by atoms with E-state index in [0.29, 0.717) is 0 Å². The van der Waals surface area contributed by atoms with Gasteiger partial charge in [-0.15, -0.1) is 11.8 Å². The molecule has 0 saturated heterocycles. The Bertz CT molecular complexity index is 578. The molecule has 0 saturated carbocycles. The van der Waals surface area contributed by atoms with Gasteiger partial charge >= 0.3 is 5.97 Å². The number of carboxylic acid groups (broad SMARTS) is 1. The molecule has 0 amide bonds. The first kappa shape index (κ1) is 13.0. The van der Waals surface area contributed by atoms with Crippen molar-refractivity contribution in [2.75, 3.05) is 0 Å². The maximum atomic E-state index is 10.8. The molecule has 4 nitrogen and oxygen atoms in total. The second kappa shape index (κ2) is 5.97. The quantitative estimate of drug-likeness (QED) is 0.875. The number of pyridine rings is 2. The van der Waals surface area contributed by atoms with Crippen LogP contribution in [0.25, 0.3) is 0 Å². The fourth-order valence-electron chi connectivity index (χ4n) is 1.32. The first-order valence-electron chi connectivity index (χ1n) is 5.07. The molecule has 0 aliphatic heterocycles. The summed E-state index contributed by atoms with van der Waals surface area (Å²) in [6, 6.07) is 5.35.